The van der Waals surface area contributed by atoms with E-state index in [4.69, 9.17) is 10.3 Å². The molecule has 1 aromatic heterocycles. The van der Waals surface area contributed by atoms with E-state index in [-0.39, 0.29) is 0 Å². The van der Waals surface area contributed by atoms with Crippen molar-refractivity contribution in [3.63, 3.8) is 0 Å². The average molecular weight is 289 g/mol. The summed E-state index contributed by atoms with van der Waals surface area (Å²) in [4.78, 5) is 4.56. The van der Waals surface area contributed by atoms with E-state index in [1.807, 2.05) is 49.0 Å². The maximum atomic E-state index is 6.40. The van der Waals surface area contributed by atoms with Gasteiger partial charge in [-0.1, -0.05) is 41.9 Å². The summed E-state index contributed by atoms with van der Waals surface area (Å²) >= 11 is 1.91. The van der Waals surface area contributed by atoms with Gasteiger partial charge in [0.1, 0.15) is 5.54 Å². The Morgan fingerprint density at radius 3 is 2.80 bits per heavy atom. The van der Waals surface area contributed by atoms with Crippen molar-refractivity contribution in [2.24, 2.45) is 5.73 Å². The molecule has 0 amide bonds. The van der Waals surface area contributed by atoms with E-state index in [0.29, 0.717) is 11.1 Å². The van der Waals surface area contributed by atoms with Crippen molar-refractivity contribution in [1.29, 1.82) is 0 Å². The van der Waals surface area contributed by atoms with Crippen molar-refractivity contribution in [3.05, 3.63) is 47.6 Å². The molecule has 1 saturated heterocycles. The highest BCUT2D eigenvalue weighted by Crippen LogP contribution is 2.37. The lowest BCUT2D eigenvalue weighted by Gasteiger charge is -2.20. The minimum Gasteiger partial charge on any atom is -0.337 e. The van der Waals surface area contributed by atoms with Crippen LogP contribution in [-0.2, 0) is 5.54 Å². The summed E-state index contributed by atoms with van der Waals surface area (Å²) in [7, 11) is 0. The summed E-state index contributed by atoms with van der Waals surface area (Å²) in [5.74, 6) is 2.45. The molecule has 5 heteroatoms. The quantitative estimate of drug-likeness (QED) is 0.939. The zero-order valence-corrected chi connectivity index (χ0v) is 12.4. The third kappa shape index (κ3) is 2.60. The summed E-state index contributed by atoms with van der Waals surface area (Å²) in [6.07, 6.45) is 3.64. The van der Waals surface area contributed by atoms with Crippen molar-refractivity contribution >= 4 is 11.8 Å². The van der Waals surface area contributed by atoms with Crippen LogP contribution in [0.3, 0.4) is 0 Å². The fourth-order valence-electron chi connectivity index (χ4n) is 2.43. The lowest BCUT2D eigenvalue weighted by molar-refractivity contribution is 0.322. The van der Waals surface area contributed by atoms with Crippen LogP contribution in [0.4, 0.5) is 0 Å². The smallest absolute Gasteiger partial charge is 0.251 e. The molecule has 0 bridgehead atoms. The standard InChI is InChI=1S/C15H19N3OS/c1-15(16,11-7-3-2-4-8-11)14-17-13(18-19-14)12-9-5-6-10-20-12/h2-4,7-8,12H,5-6,9-10,16H2,1H3. The highest BCUT2D eigenvalue weighted by Gasteiger charge is 2.32. The molecule has 2 heterocycles. The van der Waals surface area contributed by atoms with Crippen LogP contribution < -0.4 is 5.73 Å². The number of aromatic nitrogens is 2. The molecule has 2 N–H and O–H groups in total. The molecule has 1 fully saturated rings. The van der Waals surface area contributed by atoms with E-state index in [9.17, 15) is 0 Å². The fraction of sp³-hybridized carbons (Fsp3) is 0.467. The Balaban J connectivity index is 1.85. The van der Waals surface area contributed by atoms with Crippen LogP contribution in [0.25, 0.3) is 0 Å². The third-order valence-corrected chi connectivity index (χ3v) is 5.10. The van der Waals surface area contributed by atoms with Gasteiger partial charge in [0, 0.05) is 0 Å². The molecule has 2 unspecified atom stereocenters. The van der Waals surface area contributed by atoms with Gasteiger partial charge < -0.3 is 10.3 Å². The second-order valence-corrected chi connectivity index (χ2v) is 6.69. The SMILES string of the molecule is CC(N)(c1ccccc1)c1nc(C2CCCCS2)no1. The molecule has 0 aliphatic carbocycles. The van der Waals surface area contributed by atoms with Crippen molar-refractivity contribution < 1.29 is 4.52 Å². The molecule has 2 atom stereocenters. The van der Waals surface area contributed by atoms with Crippen LogP contribution in [-0.4, -0.2) is 15.9 Å². The van der Waals surface area contributed by atoms with Crippen LogP contribution in [0.2, 0.25) is 0 Å². The van der Waals surface area contributed by atoms with Crippen molar-refractivity contribution in [2.75, 3.05) is 5.75 Å². The normalized spacial score (nSPS) is 22.4. The highest BCUT2D eigenvalue weighted by atomic mass is 32.2. The van der Waals surface area contributed by atoms with Gasteiger partial charge in [-0.25, -0.2) is 0 Å². The molecular formula is C15H19N3OS. The predicted octanol–water partition coefficient (Wildman–Crippen LogP) is 3.25. The number of nitrogens with zero attached hydrogens (tertiary/aromatic N) is 2. The number of benzene rings is 1. The third-order valence-electron chi connectivity index (χ3n) is 3.73. The Morgan fingerprint density at radius 2 is 2.10 bits per heavy atom. The Hall–Kier alpha value is -1.33. The summed E-state index contributed by atoms with van der Waals surface area (Å²) < 4.78 is 5.44. The second kappa shape index (κ2) is 5.58. The molecule has 1 aromatic carbocycles. The van der Waals surface area contributed by atoms with Gasteiger partial charge in [0.15, 0.2) is 5.82 Å². The van der Waals surface area contributed by atoms with E-state index < -0.39 is 5.54 Å². The van der Waals surface area contributed by atoms with E-state index in [2.05, 4.69) is 10.1 Å². The van der Waals surface area contributed by atoms with Crippen molar-refractivity contribution in [1.82, 2.24) is 10.1 Å². The van der Waals surface area contributed by atoms with Gasteiger partial charge in [-0.15, -0.1) is 0 Å². The number of hydrogen-bond acceptors (Lipinski definition) is 5. The first-order valence-corrected chi connectivity index (χ1v) is 8.03. The first-order valence-electron chi connectivity index (χ1n) is 6.98. The van der Waals surface area contributed by atoms with E-state index in [0.717, 1.165) is 17.8 Å². The first-order chi connectivity index (χ1) is 9.68. The molecule has 1 aliphatic rings. The van der Waals surface area contributed by atoms with Crippen molar-refractivity contribution in [3.8, 4) is 0 Å². The molecule has 4 nitrogen and oxygen atoms in total. The van der Waals surface area contributed by atoms with Gasteiger partial charge in [-0.05, 0) is 31.1 Å². The first kappa shape index (κ1) is 13.6. The number of rotatable bonds is 3. The maximum Gasteiger partial charge on any atom is 0.251 e. The molecule has 2 aromatic rings. The zero-order chi connectivity index (χ0) is 14.0. The van der Waals surface area contributed by atoms with Crippen LogP contribution in [0.1, 0.15) is 48.7 Å². The lowest BCUT2D eigenvalue weighted by Crippen LogP contribution is -2.34. The molecule has 0 spiro atoms. The van der Waals surface area contributed by atoms with Crippen LogP contribution in [0.15, 0.2) is 34.9 Å². The minimum atomic E-state index is -0.744. The van der Waals surface area contributed by atoms with Crippen LogP contribution in [0, 0.1) is 0 Å². The lowest BCUT2D eigenvalue weighted by atomic mass is 9.93. The van der Waals surface area contributed by atoms with Crippen molar-refractivity contribution in [2.45, 2.75) is 37.0 Å². The molecule has 106 valence electrons. The molecule has 1 aliphatic heterocycles. The zero-order valence-electron chi connectivity index (χ0n) is 11.6. The molecule has 20 heavy (non-hydrogen) atoms. The van der Waals surface area contributed by atoms with Gasteiger partial charge in [0.25, 0.3) is 5.89 Å². The Kier molecular flexibility index (Phi) is 3.81. The summed E-state index contributed by atoms with van der Waals surface area (Å²) in [5, 5.41) is 4.50. The largest absolute Gasteiger partial charge is 0.337 e. The highest BCUT2D eigenvalue weighted by molar-refractivity contribution is 7.99. The average Bonchev–Trinajstić information content (AvgIpc) is 3.00. The van der Waals surface area contributed by atoms with E-state index in [1.165, 1.54) is 18.6 Å². The molecule has 0 saturated carbocycles. The minimum absolute atomic E-state index is 0.354. The van der Waals surface area contributed by atoms with Crippen LogP contribution in [0.5, 0.6) is 0 Å². The number of hydrogen-bond donors (Lipinski definition) is 1. The second-order valence-electron chi connectivity index (χ2n) is 5.38. The molecule has 0 radical (unpaired) electrons. The predicted molar refractivity (Wildman–Crippen MR) is 80.4 cm³/mol. The van der Waals surface area contributed by atoms with Gasteiger partial charge in [0.2, 0.25) is 0 Å². The summed E-state index contributed by atoms with van der Waals surface area (Å²) in [6, 6.07) is 9.87. The van der Waals surface area contributed by atoms with Gasteiger partial charge in [0.05, 0.1) is 5.25 Å². The van der Waals surface area contributed by atoms with Gasteiger partial charge in [-0.3, -0.25) is 0 Å². The molecular weight excluding hydrogens is 270 g/mol. The van der Waals surface area contributed by atoms with Gasteiger partial charge in [-0.2, -0.15) is 16.7 Å². The molecule has 3 rings (SSSR count). The Bertz CT molecular complexity index is 562. The Morgan fingerprint density at radius 1 is 1.30 bits per heavy atom. The monoisotopic (exact) mass is 289 g/mol. The fourth-order valence-corrected chi connectivity index (χ4v) is 3.66. The number of nitrogens with two attached hydrogens (primary N) is 1. The van der Waals surface area contributed by atoms with E-state index >= 15 is 0 Å². The summed E-state index contributed by atoms with van der Waals surface area (Å²) in [5.41, 5.74) is 6.63. The topological polar surface area (TPSA) is 64.9 Å². The maximum absolute atomic E-state index is 6.40. The van der Waals surface area contributed by atoms with Gasteiger partial charge >= 0.3 is 0 Å². The van der Waals surface area contributed by atoms with Crippen LogP contribution >= 0.6 is 11.8 Å². The Labute approximate surface area is 123 Å². The number of thioether (sulfide) groups is 1. The van der Waals surface area contributed by atoms with E-state index in [1.54, 1.807) is 0 Å². The summed E-state index contributed by atoms with van der Waals surface area (Å²) in [6.45, 7) is 1.91.